The van der Waals surface area contributed by atoms with Crippen molar-refractivity contribution in [1.82, 2.24) is 39.3 Å². The molecule has 1 aliphatic heterocycles. The van der Waals surface area contributed by atoms with Crippen LogP contribution < -0.4 is 10.9 Å². The summed E-state index contributed by atoms with van der Waals surface area (Å²) in [4.78, 5) is 48.5. The molecule has 8 rings (SSSR count). The number of anilines is 1. The molecular formula is C31H24Cl2FN9O4. The summed E-state index contributed by atoms with van der Waals surface area (Å²) in [5.41, 5.74) is 0.290. The number of amides is 1. The Balaban J connectivity index is 1.27. The Morgan fingerprint density at radius 2 is 1.96 bits per heavy atom. The monoisotopic (exact) mass is 675 g/mol. The van der Waals surface area contributed by atoms with Crippen LogP contribution in [-0.4, -0.2) is 56.3 Å². The average Bonchev–Trinajstić information content (AvgIpc) is 3.90. The SMILES string of the molecule is O=C(O)Cn1ncc2c1-c1ccnc(c1)C1(n3cnc(-c4c(-n5cc(Cl)nn5)ccc(Cl)c4F)cc3=O)C[C@H]1CCC1(CC1)C(=O)N2. The van der Waals surface area contributed by atoms with Crippen LogP contribution in [0.5, 0.6) is 0 Å². The van der Waals surface area contributed by atoms with Crippen molar-refractivity contribution < 1.29 is 19.1 Å². The highest BCUT2D eigenvalue weighted by Gasteiger charge is 2.60. The summed E-state index contributed by atoms with van der Waals surface area (Å²) in [6.45, 7) is -0.421. The first kappa shape index (κ1) is 29.5. The highest BCUT2D eigenvalue weighted by atomic mass is 35.5. The molecule has 47 heavy (non-hydrogen) atoms. The van der Waals surface area contributed by atoms with Crippen molar-refractivity contribution in [2.75, 3.05) is 5.32 Å². The van der Waals surface area contributed by atoms with Crippen LogP contribution in [0.15, 0.2) is 60.0 Å². The standard InChI is InChI=1S/C31H24Cl2FN9O4/c32-18-1-2-21(42-13-23(33)39-40-42)26(27(18)34)19-10-24(44)41(15-36-19)31-11-17(31)3-5-30(6-7-30)29(47)38-20-12-37-43(14-25(45)46)28(20)16-4-8-35-22(31)9-16/h1-2,4,8-10,12-13,15,17H,3,5-7,11,14H2,(H,38,47)(H,45,46)/t17-,31?/m1/s1. The van der Waals surface area contributed by atoms with E-state index in [1.165, 1.54) is 50.9 Å². The molecule has 1 amide bonds. The number of fused-ring (bicyclic) bond motifs is 6. The van der Waals surface area contributed by atoms with Crippen LogP contribution in [0, 0.1) is 17.2 Å². The minimum Gasteiger partial charge on any atom is -0.480 e. The lowest BCUT2D eigenvalue weighted by Crippen LogP contribution is -2.34. The summed E-state index contributed by atoms with van der Waals surface area (Å²) < 4.78 is 19.7. The zero-order chi connectivity index (χ0) is 32.7. The van der Waals surface area contributed by atoms with Crippen LogP contribution in [0.4, 0.5) is 10.1 Å². The second-order valence-corrected chi connectivity index (χ2v) is 13.0. The lowest BCUT2D eigenvalue weighted by atomic mass is 9.93. The number of hydrogen-bond acceptors (Lipinski definition) is 8. The number of rotatable bonds is 5. The quantitative estimate of drug-likeness (QED) is 0.272. The third kappa shape index (κ3) is 4.73. The Labute approximate surface area is 275 Å². The molecule has 16 heteroatoms. The van der Waals surface area contributed by atoms with Gasteiger partial charge in [-0.05, 0) is 62.3 Å². The van der Waals surface area contributed by atoms with E-state index in [0.29, 0.717) is 41.9 Å². The number of halogens is 3. The maximum Gasteiger partial charge on any atom is 0.325 e. The van der Waals surface area contributed by atoms with E-state index in [2.05, 4.69) is 25.7 Å². The number of pyridine rings is 1. The normalized spacial score (nSPS) is 20.8. The van der Waals surface area contributed by atoms with E-state index in [9.17, 15) is 19.5 Å². The van der Waals surface area contributed by atoms with Crippen molar-refractivity contribution in [2.24, 2.45) is 11.3 Å². The van der Waals surface area contributed by atoms with Crippen LogP contribution >= 0.6 is 23.2 Å². The van der Waals surface area contributed by atoms with Gasteiger partial charge in [0.1, 0.15) is 6.54 Å². The topological polar surface area (TPSA) is 163 Å². The van der Waals surface area contributed by atoms with Crippen molar-refractivity contribution in [3.8, 4) is 28.2 Å². The van der Waals surface area contributed by atoms with E-state index in [1.807, 2.05) is 0 Å². The zero-order valence-electron chi connectivity index (χ0n) is 24.4. The predicted molar refractivity (Wildman–Crippen MR) is 167 cm³/mol. The predicted octanol–water partition coefficient (Wildman–Crippen LogP) is 4.56. The summed E-state index contributed by atoms with van der Waals surface area (Å²) in [5.74, 6) is -2.07. The molecule has 2 saturated carbocycles. The molecule has 0 radical (unpaired) electrons. The molecule has 5 heterocycles. The fourth-order valence-corrected chi connectivity index (χ4v) is 7.14. The minimum atomic E-state index is -1.09. The Bertz CT molecular complexity index is 2190. The number of carbonyl (C=O) groups is 2. The number of nitrogens with one attached hydrogen (secondary N) is 1. The Kier molecular flexibility index (Phi) is 6.60. The Hall–Kier alpha value is -4.95. The molecule has 2 N–H and O–H groups in total. The molecule has 0 saturated heterocycles. The summed E-state index contributed by atoms with van der Waals surface area (Å²) in [6.07, 6.45) is 9.07. The zero-order valence-corrected chi connectivity index (χ0v) is 25.9. The van der Waals surface area contributed by atoms with Gasteiger partial charge in [-0.15, -0.1) is 5.10 Å². The lowest BCUT2D eigenvalue weighted by molar-refractivity contribution is -0.137. The van der Waals surface area contributed by atoms with E-state index in [0.717, 1.165) is 12.8 Å². The van der Waals surface area contributed by atoms with Crippen molar-refractivity contribution in [3.05, 3.63) is 87.3 Å². The second kappa shape index (κ2) is 10.5. The molecule has 4 aromatic heterocycles. The molecule has 1 spiro atoms. The van der Waals surface area contributed by atoms with Gasteiger partial charge in [-0.3, -0.25) is 28.6 Å². The number of aromatic nitrogens is 8. The Morgan fingerprint density at radius 1 is 1.13 bits per heavy atom. The first-order valence-corrected chi connectivity index (χ1v) is 15.6. The van der Waals surface area contributed by atoms with Gasteiger partial charge >= 0.3 is 5.97 Å². The van der Waals surface area contributed by atoms with Gasteiger partial charge in [0.05, 0.1) is 63.3 Å². The van der Waals surface area contributed by atoms with Crippen LogP contribution in [0.2, 0.25) is 10.2 Å². The highest BCUT2D eigenvalue weighted by Crippen LogP contribution is 2.60. The van der Waals surface area contributed by atoms with Gasteiger partial charge in [0.2, 0.25) is 5.91 Å². The van der Waals surface area contributed by atoms with Crippen molar-refractivity contribution >= 4 is 40.8 Å². The highest BCUT2D eigenvalue weighted by molar-refractivity contribution is 6.31. The van der Waals surface area contributed by atoms with E-state index in [4.69, 9.17) is 28.2 Å². The number of nitrogens with zero attached hydrogens (tertiary/aromatic N) is 8. The number of carbonyl (C=O) groups excluding carboxylic acids is 1. The van der Waals surface area contributed by atoms with Gasteiger partial charge in [0.25, 0.3) is 5.56 Å². The number of hydrogen-bond donors (Lipinski definition) is 2. The van der Waals surface area contributed by atoms with E-state index in [1.54, 1.807) is 18.3 Å². The van der Waals surface area contributed by atoms with Gasteiger partial charge in [-0.25, -0.2) is 14.1 Å². The van der Waals surface area contributed by atoms with Gasteiger partial charge < -0.3 is 10.4 Å². The summed E-state index contributed by atoms with van der Waals surface area (Å²) in [7, 11) is 0. The number of benzene rings is 1. The molecule has 2 bridgehead atoms. The van der Waals surface area contributed by atoms with E-state index in [-0.39, 0.29) is 38.9 Å². The van der Waals surface area contributed by atoms with Crippen LogP contribution in [0.25, 0.3) is 28.2 Å². The first-order valence-electron chi connectivity index (χ1n) is 14.8. The van der Waals surface area contributed by atoms with Crippen LogP contribution in [0.1, 0.15) is 37.8 Å². The first-order chi connectivity index (χ1) is 22.6. The summed E-state index contributed by atoms with van der Waals surface area (Å²) in [5, 5.41) is 24.4. The fourth-order valence-electron chi connectivity index (χ4n) is 6.85. The largest absolute Gasteiger partial charge is 0.480 e. The average molecular weight is 676 g/mol. The fraction of sp³-hybridized carbons (Fsp3) is 0.290. The van der Waals surface area contributed by atoms with Gasteiger partial charge in [0, 0.05) is 23.2 Å². The molecule has 1 aromatic carbocycles. The molecule has 13 nitrogen and oxygen atoms in total. The second-order valence-electron chi connectivity index (χ2n) is 12.2. The number of carboxylic acids is 1. The number of carboxylic acid groups (broad SMARTS) is 1. The van der Waals surface area contributed by atoms with E-state index >= 15 is 4.39 Å². The molecule has 1 unspecified atom stereocenters. The third-order valence-electron chi connectivity index (χ3n) is 9.51. The minimum absolute atomic E-state index is 0.0344. The molecular weight excluding hydrogens is 652 g/mol. The van der Waals surface area contributed by atoms with Gasteiger partial charge in [0.15, 0.2) is 11.0 Å². The number of aliphatic carboxylic acids is 1. The summed E-state index contributed by atoms with van der Waals surface area (Å²) >= 11 is 12.1. The molecule has 5 aromatic rings. The molecule has 2 atom stereocenters. The maximum atomic E-state index is 15.6. The Morgan fingerprint density at radius 3 is 2.68 bits per heavy atom. The lowest BCUT2D eigenvalue weighted by Gasteiger charge is -2.23. The van der Waals surface area contributed by atoms with Crippen molar-refractivity contribution in [3.63, 3.8) is 0 Å². The van der Waals surface area contributed by atoms with Crippen molar-refractivity contribution in [2.45, 2.75) is 44.2 Å². The van der Waals surface area contributed by atoms with Gasteiger partial charge in [-0.1, -0.05) is 28.4 Å². The van der Waals surface area contributed by atoms with E-state index < -0.39 is 34.8 Å². The van der Waals surface area contributed by atoms with Gasteiger partial charge in [-0.2, -0.15) is 5.10 Å². The molecule has 2 aliphatic carbocycles. The van der Waals surface area contributed by atoms with Crippen LogP contribution in [-0.2, 0) is 21.7 Å². The smallest absolute Gasteiger partial charge is 0.325 e. The molecule has 2 fully saturated rings. The summed E-state index contributed by atoms with van der Waals surface area (Å²) in [6, 6.07) is 7.65. The van der Waals surface area contributed by atoms with Crippen molar-refractivity contribution in [1.29, 1.82) is 0 Å². The molecule has 3 aliphatic rings. The van der Waals surface area contributed by atoms with Crippen LogP contribution in [0.3, 0.4) is 0 Å². The molecule has 238 valence electrons. The third-order valence-corrected chi connectivity index (χ3v) is 9.98. The maximum absolute atomic E-state index is 15.6.